The normalized spacial score (nSPS) is 12.2. The molecule has 2 rings (SSSR count). The van der Waals surface area contributed by atoms with Crippen LogP contribution in [0.5, 0.6) is 0 Å². The van der Waals surface area contributed by atoms with Crippen LogP contribution in [0, 0.1) is 35.6 Å². The lowest BCUT2D eigenvalue weighted by atomic mass is 10.2. The van der Waals surface area contributed by atoms with Gasteiger partial charge in [-0.15, -0.1) is 11.3 Å². The monoisotopic (exact) mass is 313 g/mol. The van der Waals surface area contributed by atoms with E-state index in [1.807, 2.05) is 13.8 Å². The maximum absolute atomic E-state index is 13.8. The number of nitrogens with one attached hydrogen (secondary N) is 1. The smallest absolute Gasteiger partial charge is 0.275 e. The molecule has 5 nitrogen and oxygen atoms in total. The van der Waals surface area contributed by atoms with E-state index in [0.717, 1.165) is 15.6 Å². The molecule has 0 radical (unpaired) electrons. The van der Waals surface area contributed by atoms with Gasteiger partial charge < -0.3 is 5.32 Å². The minimum Gasteiger partial charge on any atom is -0.373 e. The minimum atomic E-state index is -0.993. The summed E-state index contributed by atoms with van der Waals surface area (Å²) in [6.07, 6.45) is 0. The first-order chi connectivity index (χ1) is 9.79. The van der Waals surface area contributed by atoms with Crippen LogP contribution < -0.4 is 5.32 Å². The van der Waals surface area contributed by atoms with E-state index in [9.17, 15) is 18.9 Å². The molecule has 2 aromatic rings. The first-order valence-corrected chi connectivity index (χ1v) is 6.95. The molecule has 0 bridgehead atoms. The van der Waals surface area contributed by atoms with Crippen molar-refractivity contribution >= 4 is 22.7 Å². The third kappa shape index (κ3) is 3.15. The van der Waals surface area contributed by atoms with Gasteiger partial charge in [0.05, 0.1) is 33.8 Å². The van der Waals surface area contributed by atoms with Crippen molar-refractivity contribution in [1.82, 2.24) is 4.98 Å². The summed E-state index contributed by atoms with van der Waals surface area (Å²) in [7, 11) is 0. The van der Waals surface area contributed by atoms with Gasteiger partial charge in [0.1, 0.15) is 5.69 Å². The van der Waals surface area contributed by atoms with Crippen LogP contribution in [0.15, 0.2) is 12.1 Å². The van der Waals surface area contributed by atoms with E-state index < -0.39 is 22.2 Å². The van der Waals surface area contributed by atoms with E-state index in [1.165, 1.54) is 11.3 Å². The van der Waals surface area contributed by atoms with Crippen molar-refractivity contribution in [3.63, 3.8) is 0 Å². The molecule has 0 fully saturated rings. The fourth-order valence-corrected chi connectivity index (χ4v) is 2.96. The van der Waals surface area contributed by atoms with Crippen LogP contribution in [0.1, 0.15) is 28.5 Å². The number of rotatable bonds is 4. The Morgan fingerprint density at radius 1 is 1.33 bits per heavy atom. The van der Waals surface area contributed by atoms with Gasteiger partial charge in [-0.1, -0.05) is 0 Å². The molecule has 21 heavy (non-hydrogen) atoms. The number of nitro groups is 1. The Morgan fingerprint density at radius 3 is 2.33 bits per heavy atom. The zero-order valence-corrected chi connectivity index (χ0v) is 12.4. The Hall–Kier alpha value is -2.09. The molecular weight excluding hydrogens is 300 g/mol. The van der Waals surface area contributed by atoms with Gasteiger partial charge in [-0.2, -0.15) is 0 Å². The summed E-state index contributed by atoms with van der Waals surface area (Å²) in [5.41, 5.74) is -0.202. The van der Waals surface area contributed by atoms with Crippen LogP contribution in [0.2, 0.25) is 0 Å². The molecule has 0 aliphatic heterocycles. The maximum atomic E-state index is 13.8. The topological polar surface area (TPSA) is 68.1 Å². The van der Waals surface area contributed by atoms with Crippen LogP contribution in [0.4, 0.5) is 20.2 Å². The van der Waals surface area contributed by atoms with Crippen LogP contribution in [-0.4, -0.2) is 9.91 Å². The number of nitro benzene ring substituents is 1. The second kappa shape index (κ2) is 5.72. The highest BCUT2D eigenvalue weighted by molar-refractivity contribution is 7.11. The standard InChI is InChI=1S/C13H13F2N3O2S/c1-6-13(21-8(3)16-6)7(2)17-12-10(14)4-9(18(19)20)5-11(12)15/h4-5,7,17H,1-3H3. The van der Waals surface area contributed by atoms with Gasteiger partial charge in [-0.25, -0.2) is 13.8 Å². The SMILES string of the molecule is Cc1nc(C)c(C(C)Nc2c(F)cc([N+](=O)[O-])cc2F)s1. The van der Waals surface area contributed by atoms with E-state index in [2.05, 4.69) is 10.3 Å². The molecule has 0 amide bonds. The van der Waals surface area contributed by atoms with Crippen molar-refractivity contribution in [2.75, 3.05) is 5.32 Å². The van der Waals surface area contributed by atoms with Crippen molar-refractivity contribution in [2.45, 2.75) is 26.8 Å². The second-order valence-corrected chi connectivity index (χ2v) is 5.82. The third-order valence-electron chi connectivity index (χ3n) is 2.93. The Labute approximate surface area is 123 Å². The number of anilines is 1. The van der Waals surface area contributed by atoms with E-state index in [0.29, 0.717) is 12.1 Å². The predicted molar refractivity (Wildman–Crippen MR) is 76.6 cm³/mol. The van der Waals surface area contributed by atoms with Crippen LogP contribution in [0.3, 0.4) is 0 Å². The average Bonchev–Trinajstić information content (AvgIpc) is 2.72. The lowest BCUT2D eigenvalue weighted by molar-refractivity contribution is -0.385. The van der Waals surface area contributed by atoms with Crippen molar-refractivity contribution in [3.8, 4) is 0 Å². The van der Waals surface area contributed by atoms with Gasteiger partial charge in [-0.05, 0) is 20.8 Å². The summed E-state index contributed by atoms with van der Waals surface area (Å²) in [6.45, 7) is 5.42. The summed E-state index contributed by atoms with van der Waals surface area (Å²) < 4.78 is 27.7. The fourth-order valence-electron chi connectivity index (χ4n) is 2.03. The van der Waals surface area contributed by atoms with E-state index >= 15 is 0 Å². The molecule has 1 atom stereocenters. The Morgan fingerprint density at radius 2 is 1.90 bits per heavy atom. The largest absolute Gasteiger partial charge is 0.373 e. The van der Waals surface area contributed by atoms with Crippen molar-refractivity contribution in [1.29, 1.82) is 0 Å². The Bertz CT molecular complexity index is 680. The molecule has 112 valence electrons. The van der Waals surface area contributed by atoms with Crippen molar-refractivity contribution in [2.24, 2.45) is 0 Å². The third-order valence-corrected chi connectivity index (χ3v) is 4.19. The summed E-state index contributed by atoms with van der Waals surface area (Å²) >= 11 is 1.43. The fraction of sp³-hybridized carbons (Fsp3) is 0.308. The zero-order valence-electron chi connectivity index (χ0n) is 11.6. The summed E-state index contributed by atoms with van der Waals surface area (Å²) in [5, 5.41) is 14.1. The van der Waals surface area contributed by atoms with E-state index in [4.69, 9.17) is 0 Å². The quantitative estimate of drug-likeness (QED) is 0.681. The van der Waals surface area contributed by atoms with Crippen LogP contribution in [0.25, 0.3) is 0 Å². The number of nitrogens with zero attached hydrogens (tertiary/aromatic N) is 2. The molecule has 0 saturated carbocycles. The van der Waals surface area contributed by atoms with Gasteiger partial charge >= 0.3 is 0 Å². The van der Waals surface area contributed by atoms with Gasteiger partial charge in [0.2, 0.25) is 0 Å². The van der Waals surface area contributed by atoms with Crippen LogP contribution >= 0.6 is 11.3 Å². The second-order valence-electron chi connectivity index (χ2n) is 4.59. The molecule has 0 aliphatic rings. The number of hydrogen-bond acceptors (Lipinski definition) is 5. The number of benzene rings is 1. The predicted octanol–water partition coefficient (Wildman–Crippen LogP) is 4.12. The Kier molecular flexibility index (Phi) is 4.17. The van der Waals surface area contributed by atoms with Crippen molar-refractivity contribution in [3.05, 3.63) is 49.5 Å². The number of halogens is 2. The number of non-ortho nitro benzene ring substituents is 1. The summed E-state index contributed by atoms with van der Waals surface area (Å²) in [6, 6.07) is 1.04. The van der Waals surface area contributed by atoms with E-state index in [1.54, 1.807) is 6.92 Å². The highest BCUT2D eigenvalue weighted by Gasteiger charge is 2.20. The van der Waals surface area contributed by atoms with Gasteiger partial charge in [0, 0.05) is 4.88 Å². The van der Waals surface area contributed by atoms with Gasteiger partial charge in [-0.3, -0.25) is 10.1 Å². The lowest BCUT2D eigenvalue weighted by Crippen LogP contribution is -2.10. The molecule has 0 saturated heterocycles. The summed E-state index contributed by atoms with van der Waals surface area (Å²) in [5.74, 6) is -1.99. The highest BCUT2D eigenvalue weighted by Crippen LogP contribution is 2.31. The Balaban J connectivity index is 2.31. The lowest BCUT2D eigenvalue weighted by Gasteiger charge is -2.15. The first kappa shape index (κ1) is 15.3. The maximum Gasteiger partial charge on any atom is 0.275 e. The minimum absolute atomic E-state index is 0.360. The average molecular weight is 313 g/mol. The molecule has 1 unspecified atom stereocenters. The number of hydrogen-bond donors (Lipinski definition) is 1. The molecule has 1 aromatic heterocycles. The molecule has 8 heteroatoms. The summed E-state index contributed by atoms with van der Waals surface area (Å²) in [4.78, 5) is 14.8. The molecular formula is C13H13F2N3O2S. The molecule has 1 N–H and O–H groups in total. The van der Waals surface area contributed by atoms with Gasteiger partial charge in [0.25, 0.3) is 5.69 Å². The van der Waals surface area contributed by atoms with Crippen LogP contribution in [-0.2, 0) is 0 Å². The first-order valence-electron chi connectivity index (χ1n) is 6.13. The number of thiazole rings is 1. The molecule has 1 aromatic carbocycles. The van der Waals surface area contributed by atoms with E-state index in [-0.39, 0.29) is 11.7 Å². The number of aryl methyl sites for hydroxylation is 2. The number of aromatic nitrogens is 1. The van der Waals surface area contributed by atoms with Crippen molar-refractivity contribution < 1.29 is 13.7 Å². The van der Waals surface area contributed by atoms with Gasteiger partial charge in [0.15, 0.2) is 11.6 Å². The zero-order chi connectivity index (χ0) is 15.7. The highest BCUT2D eigenvalue weighted by atomic mass is 32.1. The molecule has 1 heterocycles. The molecule has 0 spiro atoms. The molecule has 0 aliphatic carbocycles.